The molecule has 1 aliphatic rings. The summed E-state index contributed by atoms with van der Waals surface area (Å²) in [4.78, 5) is 12.6. The zero-order valence-electron chi connectivity index (χ0n) is 15.4. The molecule has 2 N–H and O–H groups in total. The van der Waals surface area contributed by atoms with Gasteiger partial charge in [-0.25, -0.2) is 4.39 Å². The van der Waals surface area contributed by atoms with Crippen LogP contribution in [-0.2, 0) is 4.79 Å². The summed E-state index contributed by atoms with van der Waals surface area (Å²) in [5, 5.41) is 12.9. The summed E-state index contributed by atoms with van der Waals surface area (Å²) < 4.78 is 18.2. The van der Waals surface area contributed by atoms with Crippen LogP contribution < -0.4 is 10.1 Å². The van der Waals surface area contributed by atoms with Crippen LogP contribution in [-0.4, -0.2) is 30.3 Å². The van der Waals surface area contributed by atoms with E-state index in [1.165, 1.54) is 30.7 Å². The number of ether oxygens (including phenoxy) is 1. The largest absolute Gasteiger partial charge is 0.491 e. The molecule has 140 valence electrons. The standard InChI is InChI=1S/C20H30FNO3/c1-20(2,3)18-7-5-4-6-17(18)19(24)22-12-15(23)13-25-16-10-8-14(21)9-11-16/h8-11,15,17-18,23H,4-7,12-13H2,1-3H3,(H,22,24)/t15?,17-,18+/m0/s1. The molecule has 1 aliphatic carbocycles. The molecule has 0 saturated heterocycles. The van der Waals surface area contributed by atoms with E-state index in [0.29, 0.717) is 11.7 Å². The van der Waals surface area contributed by atoms with Crippen LogP contribution in [0.25, 0.3) is 0 Å². The van der Waals surface area contributed by atoms with Crippen molar-refractivity contribution >= 4 is 5.91 Å². The lowest BCUT2D eigenvalue weighted by atomic mass is 9.66. The molecule has 5 heteroatoms. The van der Waals surface area contributed by atoms with Crippen molar-refractivity contribution in [3.8, 4) is 5.75 Å². The SMILES string of the molecule is CC(C)(C)[C@@H]1CCCC[C@@H]1C(=O)NCC(O)COc1ccc(F)cc1. The van der Waals surface area contributed by atoms with Gasteiger partial charge in [-0.15, -0.1) is 0 Å². The van der Waals surface area contributed by atoms with Gasteiger partial charge in [-0.2, -0.15) is 0 Å². The summed E-state index contributed by atoms with van der Waals surface area (Å²) >= 11 is 0. The third-order valence-corrected chi connectivity index (χ3v) is 4.98. The van der Waals surface area contributed by atoms with Crippen molar-refractivity contribution in [3.63, 3.8) is 0 Å². The minimum atomic E-state index is -0.800. The van der Waals surface area contributed by atoms with E-state index in [2.05, 4.69) is 26.1 Å². The molecular weight excluding hydrogens is 321 g/mol. The number of aliphatic hydroxyl groups excluding tert-OH is 1. The topological polar surface area (TPSA) is 58.6 Å². The maximum atomic E-state index is 12.8. The number of amides is 1. The molecule has 0 aliphatic heterocycles. The van der Waals surface area contributed by atoms with Crippen molar-refractivity contribution in [2.45, 2.75) is 52.6 Å². The van der Waals surface area contributed by atoms with Gasteiger partial charge in [0.15, 0.2) is 0 Å². The van der Waals surface area contributed by atoms with Crippen LogP contribution in [0.4, 0.5) is 4.39 Å². The molecule has 1 fully saturated rings. The smallest absolute Gasteiger partial charge is 0.223 e. The highest BCUT2D eigenvalue weighted by Gasteiger charge is 2.37. The van der Waals surface area contributed by atoms with Gasteiger partial charge < -0.3 is 15.2 Å². The summed E-state index contributed by atoms with van der Waals surface area (Å²) in [6, 6.07) is 5.63. The number of hydrogen-bond acceptors (Lipinski definition) is 3. The fourth-order valence-electron chi connectivity index (χ4n) is 3.61. The Morgan fingerprint density at radius 2 is 1.92 bits per heavy atom. The maximum absolute atomic E-state index is 12.8. The number of benzene rings is 1. The van der Waals surface area contributed by atoms with Gasteiger partial charge in [-0.3, -0.25) is 4.79 Å². The van der Waals surface area contributed by atoms with Gasteiger partial charge in [0.2, 0.25) is 5.91 Å². The highest BCUT2D eigenvalue weighted by molar-refractivity contribution is 5.79. The van der Waals surface area contributed by atoms with Crippen LogP contribution in [0.1, 0.15) is 46.5 Å². The Kier molecular flexibility index (Phi) is 6.82. The maximum Gasteiger partial charge on any atom is 0.223 e. The second-order valence-electron chi connectivity index (χ2n) is 8.03. The Morgan fingerprint density at radius 1 is 1.28 bits per heavy atom. The minimum absolute atomic E-state index is 0.0129. The van der Waals surface area contributed by atoms with Crippen molar-refractivity contribution in [2.24, 2.45) is 17.3 Å². The van der Waals surface area contributed by atoms with E-state index in [1.54, 1.807) is 0 Å². The van der Waals surface area contributed by atoms with Crippen LogP contribution in [0.3, 0.4) is 0 Å². The molecule has 0 aromatic heterocycles. The van der Waals surface area contributed by atoms with E-state index in [9.17, 15) is 14.3 Å². The first kappa shape index (κ1) is 19.7. The average molecular weight is 351 g/mol. The molecule has 1 aromatic rings. The van der Waals surface area contributed by atoms with E-state index in [4.69, 9.17) is 4.74 Å². The number of halogens is 1. The Hall–Kier alpha value is -1.62. The van der Waals surface area contributed by atoms with E-state index < -0.39 is 6.10 Å². The molecule has 3 atom stereocenters. The van der Waals surface area contributed by atoms with Gasteiger partial charge >= 0.3 is 0 Å². The van der Waals surface area contributed by atoms with Crippen molar-refractivity contribution < 1.29 is 19.0 Å². The first-order valence-corrected chi connectivity index (χ1v) is 9.11. The summed E-state index contributed by atoms with van der Waals surface area (Å²) in [6.45, 7) is 6.78. The molecule has 1 saturated carbocycles. The molecule has 0 spiro atoms. The Balaban J connectivity index is 1.78. The van der Waals surface area contributed by atoms with Crippen molar-refractivity contribution in [3.05, 3.63) is 30.1 Å². The molecule has 1 unspecified atom stereocenters. The van der Waals surface area contributed by atoms with Gasteiger partial charge in [0, 0.05) is 12.5 Å². The summed E-state index contributed by atoms with van der Waals surface area (Å²) in [5.74, 6) is 0.571. The third kappa shape index (κ3) is 5.99. The molecule has 4 nitrogen and oxygen atoms in total. The molecule has 2 rings (SSSR count). The number of nitrogens with one attached hydrogen (secondary N) is 1. The Labute approximate surface area is 149 Å². The van der Waals surface area contributed by atoms with Gasteiger partial charge in [-0.05, 0) is 48.4 Å². The monoisotopic (exact) mass is 351 g/mol. The van der Waals surface area contributed by atoms with Crippen LogP contribution in [0.5, 0.6) is 5.75 Å². The molecule has 0 radical (unpaired) electrons. The highest BCUT2D eigenvalue weighted by atomic mass is 19.1. The molecule has 25 heavy (non-hydrogen) atoms. The second-order valence-corrected chi connectivity index (χ2v) is 8.03. The predicted octanol–water partition coefficient (Wildman–Crippen LogP) is 3.53. The van der Waals surface area contributed by atoms with Crippen LogP contribution >= 0.6 is 0 Å². The third-order valence-electron chi connectivity index (χ3n) is 4.98. The lowest BCUT2D eigenvalue weighted by Gasteiger charge is -2.39. The minimum Gasteiger partial charge on any atom is -0.491 e. The number of hydrogen-bond donors (Lipinski definition) is 2. The second kappa shape index (κ2) is 8.65. The quantitative estimate of drug-likeness (QED) is 0.824. The lowest BCUT2D eigenvalue weighted by Crippen LogP contribution is -2.44. The summed E-state index contributed by atoms with van der Waals surface area (Å²) in [5.41, 5.74) is 0.104. The van der Waals surface area contributed by atoms with Crippen LogP contribution in [0.2, 0.25) is 0 Å². The predicted molar refractivity (Wildman–Crippen MR) is 95.8 cm³/mol. The zero-order chi connectivity index (χ0) is 18.4. The van der Waals surface area contributed by atoms with Gasteiger partial charge in [0.05, 0.1) is 0 Å². The first-order chi connectivity index (χ1) is 11.8. The summed E-state index contributed by atoms with van der Waals surface area (Å²) in [7, 11) is 0. The number of rotatable bonds is 6. The number of carbonyl (C=O) groups excluding carboxylic acids is 1. The number of aliphatic hydroxyl groups is 1. The zero-order valence-corrected chi connectivity index (χ0v) is 15.4. The van der Waals surface area contributed by atoms with Crippen molar-refractivity contribution in [1.82, 2.24) is 5.32 Å². The van der Waals surface area contributed by atoms with Gasteiger partial charge in [0.25, 0.3) is 0 Å². The molecular formula is C20H30FNO3. The summed E-state index contributed by atoms with van der Waals surface area (Å²) in [6.07, 6.45) is 3.46. The van der Waals surface area contributed by atoms with Crippen LogP contribution in [0, 0.1) is 23.1 Å². The van der Waals surface area contributed by atoms with E-state index in [1.807, 2.05) is 0 Å². The molecule has 1 amide bonds. The van der Waals surface area contributed by atoms with E-state index in [0.717, 1.165) is 19.3 Å². The molecule has 1 aromatic carbocycles. The Morgan fingerprint density at radius 3 is 2.56 bits per heavy atom. The average Bonchev–Trinajstić information content (AvgIpc) is 2.58. The first-order valence-electron chi connectivity index (χ1n) is 9.11. The fraction of sp³-hybridized carbons (Fsp3) is 0.650. The number of carbonyl (C=O) groups is 1. The van der Waals surface area contributed by atoms with Crippen molar-refractivity contribution in [2.75, 3.05) is 13.2 Å². The van der Waals surface area contributed by atoms with Gasteiger partial charge in [-0.1, -0.05) is 33.6 Å². The highest BCUT2D eigenvalue weighted by Crippen LogP contribution is 2.41. The van der Waals surface area contributed by atoms with Crippen molar-refractivity contribution in [1.29, 1.82) is 0 Å². The molecule has 0 bridgehead atoms. The fourth-order valence-corrected chi connectivity index (χ4v) is 3.61. The van der Waals surface area contributed by atoms with E-state index >= 15 is 0 Å². The van der Waals surface area contributed by atoms with Gasteiger partial charge in [0.1, 0.15) is 24.3 Å². The lowest BCUT2D eigenvalue weighted by molar-refractivity contribution is -0.130. The normalized spacial score (nSPS) is 22.3. The van der Waals surface area contributed by atoms with E-state index in [-0.39, 0.29) is 36.2 Å². The Bertz CT molecular complexity index is 553. The molecule has 0 heterocycles. The van der Waals surface area contributed by atoms with Crippen LogP contribution in [0.15, 0.2) is 24.3 Å².